The Hall–Kier alpha value is -1.36. The predicted octanol–water partition coefficient (Wildman–Crippen LogP) is 0.598. The molecule has 0 spiro atoms. The van der Waals surface area contributed by atoms with E-state index in [1.807, 2.05) is 17.9 Å². The summed E-state index contributed by atoms with van der Waals surface area (Å²) in [5.74, 6) is 0.286. The van der Waals surface area contributed by atoms with Gasteiger partial charge in [0.1, 0.15) is 0 Å². The van der Waals surface area contributed by atoms with Gasteiger partial charge in [0.05, 0.1) is 11.6 Å². The van der Waals surface area contributed by atoms with Crippen molar-refractivity contribution in [2.24, 2.45) is 13.0 Å². The lowest BCUT2D eigenvalue weighted by atomic mass is 9.99. The number of carbonyl (C=O) groups is 1. The van der Waals surface area contributed by atoms with Crippen LogP contribution in [0.2, 0.25) is 0 Å². The van der Waals surface area contributed by atoms with E-state index in [2.05, 4.69) is 22.7 Å². The number of hydrogen-bond acceptors (Lipinski definition) is 3. The lowest BCUT2D eigenvalue weighted by molar-refractivity contribution is -0.125. The number of carbonyl (C=O) groups excluding carboxylic acids is 1. The van der Waals surface area contributed by atoms with Crippen LogP contribution < -0.4 is 10.6 Å². The van der Waals surface area contributed by atoms with Gasteiger partial charge in [0.2, 0.25) is 5.91 Å². The van der Waals surface area contributed by atoms with Gasteiger partial charge in [-0.3, -0.25) is 9.48 Å². The fourth-order valence-electron chi connectivity index (χ4n) is 2.43. The van der Waals surface area contributed by atoms with Crippen molar-refractivity contribution < 1.29 is 4.79 Å². The zero-order valence-electron chi connectivity index (χ0n) is 11.2. The Bertz CT molecular complexity index is 407. The van der Waals surface area contributed by atoms with Crippen LogP contribution in [-0.2, 0) is 24.8 Å². The van der Waals surface area contributed by atoms with Gasteiger partial charge in [0.15, 0.2) is 0 Å². The Morgan fingerprint density at radius 3 is 3.17 bits per heavy atom. The summed E-state index contributed by atoms with van der Waals surface area (Å²) in [5.41, 5.74) is 2.19. The van der Waals surface area contributed by atoms with Gasteiger partial charge in [0.25, 0.3) is 0 Å². The van der Waals surface area contributed by atoms with Gasteiger partial charge in [-0.1, -0.05) is 6.92 Å². The van der Waals surface area contributed by atoms with Crippen LogP contribution in [0.5, 0.6) is 0 Å². The van der Waals surface area contributed by atoms with Crippen LogP contribution in [0.3, 0.4) is 0 Å². The molecular formula is C13H22N4O. The van der Waals surface area contributed by atoms with Crippen LogP contribution in [0, 0.1) is 5.92 Å². The maximum Gasteiger partial charge on any atom is 0.224 e. The van der Waals surface area contributed by atoms with E-state index >= 15 is 0 Å². The fraction of sp³-hybridized carbons (Fsp3) is 0.692. The van der Waals surface area contributed by atoms with Gasteiger partial charge in [-0.25, -0.2) is 0 Å². The molecule has 5 heteroatoms. The molecule has 100 valence electrons. The van der Waals surface area contributed by atoms with E-state index in [4.69, 9.17) is 0 Å². The van der Waals surface area contributed by atoms with Crippen molar-refractivity contribution in [2.45, 2.75) is 32.7 Å². The van der Waals surface area contributed by atoms with E-state index in [0.29, 0.717) is 6.54 Å². The zero-order valence-corrected chi connectivity index (χ0v) is 11.2. The van der Waals surface area contributed by atoms with E-state index in [1.54, 1.807) is 0 Å². The van der Waals surface area contributed by atoms with Crippen LogP contribution in [0.25, 0.3) is 0 Å². The summed E-state index contributed by atoms with van der Waals surface area (Å²) in [5, 5.41) is 10.7. The highest BCUT2D eigenvalue weighted by Gasteiger charge is 2.20. The maximum atomic E-state index is 12.0. The first kappa shape index (κ1) is 13.1. The quantitative estimate of drug-likeness (QED) is 0.822. The average Bonchev–Trinajstić information content (AvgIpc) is 2.77. The third-order valence-electron chi connectivity index (χ3n) is 3.45. The summed E-state index contributed by atoms with van der Waals surface area (Å²) in [7, 11) is 1.91. The number of piperidine rings is 1. The monoisotopic (exact) mass is 250 g/mol. The van der Waals surface area contributed by atoms with Crippen molar-refractivity contribution >= 4 is 5.91 Å². The minimum Gasteiger partial charge on any atom is -0.352 e. The molecule has 1 amide bonds. The number of aryl methyl sites for hydroxylation is 2. The summed E-state index contributed by atoms with van der Waals surface area (Å²) in [4.78, 5) is 12.0. The predicted molar refractivity (Wildman–Crippen MR) is 70.0 cm³/mol. The summed E-state index contributed by atoms with van der Waals surface area (Å²) in [6.45, 7) is 4.51. The van der Waals surface area contributed by atoms with Crippen molar-refractivity contribution in [2.75, 3.05) is 13.1 Å². The molecule has 0 aliphatic carbocycles. The summed E-state index contributed by atoms with van der Waals surface area (Å²) < 4.78 is 1.81. The van der Waals surface area contributed by atoms with Crippen molar-refractivity contribution in [1.29, 1.82) is 0 Å². The first-order valence-electron chi connectivity index (χ1n) is 6.70. The largest absolute Gasteiger partial charge is 0.352 e. The van der Waals surface area contributed by atoms with Crippen LogP contribution in [-0.4, -0.2) is 28.8 Å². The van der Waals surface area contributed by atoms with Crippen molar-refractivity contribution in [3.63, 3.8) is 0 Å². The minimum atomic E-state index is 0.125. The van der Waals surface area contributed by atoms with Crippen LogP contribution in [0.1, 0.15) is 31.0 Å². The van der Waals surface area contributed by atoms with Gasteiger partial charge in [-0.15, -0.1) is 0 Å². The molecule has 2 heterocycles. The number of rotatable bonds is 4. The highest BCUT2D eigenvalue weighted by atomic mass is 16.1. The molecule has 0 saturated carbocycles. The van der Waals surface area contributed by atoms with Crippen molar-refractivity contribution in [3.8, 4) is 0 Å². The smallest absolute Gasteiger partial charge is 0.224 e. The SMILES string of the molecule is CCc1nn(C)cc1CNC(=O)C1CCCNC1. The molecule has 1 aromatic heterocycles. The van der Waals surface area contributed by atoms with Crippen LogP contribution >= 0.6 is 0 Å². The second kappa shape index (κ2) is 6.00. The Balaban J connectivity index is 1.88. The standard InChI is InChI=1S/C13H22N4O/c1-3-12-11(9-17(2)16-12)8-15-13(18)10-5-4-6-14-7-10/h9-10,14H,3-8H2,1-2H3,(H,15,18). The Morgan fingerprint density at radius 2 is 2.50 bits per heavy atom. The molecular weight excluding hydrogens is 228 g/mol. The van der Waals surface area contributed by atoms with Gasteiger partial charge >= 0.3 is 0 Å². The highest BCUT2D eigenvalue weighted by Crippen LogP contribution is 2.11. The number of nitrogens with one attached hydrogen (secondary N) is 2. The molecule has 0 bridgehead atoms. The molecule has 0 radical (unpaired) electrons. The lowest BCUT2D eigenvalue weighted by Gasteiger charge is -2.21. The number of nitrogens with zero attached hydrogens (tertiary/aromatic N) is 2. The first-order chi connectivity index (χ1) is 8.70. The third kappa shape index (κ3) is 3.10. The molecule has 1 atom stereocenters. The topological polar surface area (TPSA) is 59.0 Å². The second-order valence-electron chi connectivity index (χ2n) is 4.89. The van der Waals surface area contributed by atoms with Crippen LogP contribution in [0.4, 0.5) is 0 Å². The molecule has 2 rings (SSSR count). The fourth-order valence-corrected chi connectivity index (χ4v) is 2.43. The molecule has 18 heavy (non-hydrogen) atoms. The molecule has 2 N–H and O–H groups in total. The van der Waals surface area contributed by atoms with E-state index in [9.17, 15) is 4.79 Å². The van der Waals surface area contributed by atoms with Gasteiger partial charge < -0.3 is 10.6 Å². The molecule has 1 unspecified atom stereocenters. The number of hydrogen-bond donors (Lipinski definition) is 2. The molecule has 0 aromatic carbocycles. The van der Waals surface area contributed by atoms with E-state index < -0.39 is 0 Å². The lowest BCUT2D eigenvalue weighted by Crippen LogP contribution is -2.40. The molecule has 5 nitrogen and oxygen atoms in total. The van der Waals surface area contributed by atoms with E-state index in [0.717, 1.165) is 43.6 Å². The maximum absolute atomic E-state index is 12.0. The van der Waals surface area contributed by atoms with Gasteiger partial charge in [-0.2, -0.15) is 5.10 Å². The Morgan fingerprint density at radius 1 is 1.67 bits per heavy atom. The Labute approximate surface area is 108 Å². The van der Waals surface area contributed by atoms with Gasteiger partial charge in [-0.05, 0) is 25.8 Å². The minimum absolute atomic E-state index is 0.125. The average molecular weight is 250 g/mol. The van der Waals surface area contributed by atoms with E-state index in [-0.39, 0.29) is 11.8 Å². The van der Waals surface area contributed by atoms with Gasteiger partial charge in [0, 0.05) is 31.9 Å². The molecule has 1 aliphatic heterocycles. The highest BCUT2D eigenvalue weighted by molar-refractivity contribution is 5.78. The van der Waals surface area contributed by atoms with Crippen LogP contribution in [0.15, 0.2) is 6.20 Å². The summed E-state index contributed by atoms with van der Waals surface area (Å²) in [6, 6.07) is 0. The molecule has 1 saturated heterocycles. The Kier molecular flexibility index (Phi) is 4.36. The number of aromatic nitrogens is 2. The third-order valence-corrected chi connectivity index (χ3v) is 3.45. The zero-order chi connectivity index (χ0) is 13.0. The molecule has 1 fully saturated rings. The first-order valence-corrected chi connectivity index (χ1v) is 6.70. The van der Waals surface area contributed by atoms with Crippen molar-refractivity contribution in [3.05, 3.63) is 17.5 Å². The van der Waals surface area contributed by atoms with E-state index in [1.165, 1.54) is 0 Å². The summed E-state index contributed by atoms with van der Waals surface area (Å²) in [6.07, 6.45) is 4.97. The number of amides is 1. The second-order valence-corrected chi connectivity index (χ2v) is 4.89. The van der Waals surface area contributed by atoms with Crippen molar-refractivity contribution in [1.82, 2.24) is 20.4 Å². The normalized spacial score (nSPS) is 19.8. The molecule has 1 aliphatic rings. The summed E-state index contributed by atoms with van der Waals surface area (Å²) >= 11 is 0. The molecule has 1 aromatic rings.